The molecule has 0 saturated heterocycles. The number of aromatic nitrogens is 1. The highest BCUT2D eigenvalue weighted by Gasteiger charge is 2.38. The van der Waals surface area contributed by atoms with E-state index in [9.17, 15) is 28.3 Å². The number of carbonyl (C=O) groups is 3. The van der Waals surface area contributed by atoms with Crippen molar-refractivity contribution in [2.45, 2.75) is 51.4 Å². The fraction of sp³-hybridized carbons (Fsp3) is 0.429. The first kappa shape index (κ1) is 22.5. The van der Waals surface area contributed by atoms with Crippen LogP contribution in [0.5, 0.6) is 0 Å². The van der Waals surface area contributed by atoms with Gasteiger partial charge >= 0.3 is 11.9 Å². The molecule has 0 fully saturated rings. The number of carboxylic acids is 1. The van der Waals surface area contributed by atoms with Crippen molar-refractivity contribution in [2.75, 3.05) is 11.9 Å². The maximum absolute atomic E-state index is 14.0. The number of alkyl halides is 2. The summed E-state index contributed by atoms with van der Waals surface area (Å²) < 4.78 is 33.1. The molecule has 0 unspecified atom stereocenters. The summed E-state index contributed by atoms with van der Waals surface area (Å²) in [5.41, 5.74) is 1.59. The van der Waals surface area contributed by atoms with Gasteiger partial charge in [-0.2, -0.15) is 0 Å². The highest BCUT2D eigenvalue weighted by atomic mass is 32.1. The van der Waals surface area contributed by atoms with Gasteiger partial charge in [-0.3, -0.25) is 4.79 Å². The summed E-state index contributed by atoms with van der Waals surface area (Å²) in [7, 11) is 0. The quantitative estimate of drug-likeness (QED) is 0.580. The standard InChI is InChI=1S/C21H20F2N2O5S2/c1-2-30-20(29)13-9-31-17(24-13)15-12-6-7-21(22,23)8-14(12)32-18(15)25-16(26)10-4-3-5-11(10)19(27)28/h9H,2-8H2,1H3,(H,25,26)(H,27,28). The molecule has 0 saturated carbocycles. The number of ether oxygens (including phenoxy) is 1. The van der Waals surface area contributed by atoms with Crippen LogP contribution in [0.1, 0.15) is 53.5 Å². The summed E-state index contributed by atoms with van der Waals surface area (Å²) in [6.07, 6.45) is 0.585. The SMILES string of the molecule is CCOC(=O)c1csc(-c2c(NC(=O)C3=C(C(=O)O)CCC3)sc3c2CCC(F)(F)C3)n1. The van der Waals surface area contributed by atoms with Crippen molar-refractivity contribution in [3.05, 3.63) is 32.7 Å². The molecular weight excluding hydrogens is 462 g/mol. The van der Waals surface area contributed by atoms with Crippen molar-refractivity contribution in [2.24, 2.45) is 0 Å². The number of amides is 1. The number of thiazole rings is 1. The number of fused-ring (bicyclic) bond motifs is 1. The third-order valence-electron chi connectivity index (χ3n) is 5.43. The highest BCUT2D eigenvalue weighted by molar-refractivity contribution is 7.18. The molecule has 11 heteroatoms. The van der Waals surface area contributed by atoms with Crippen LogP contribution in [0.3, 0.4) is 0 Å². The Morgan fingerprint density at radius 3 is 2.72 bits per heavy atom. The number of halogens is 2. The molecule has 2 aromatic heterocycles. The Hall–Kier alpha value is -2.66. The fourth-order valence-electron chi connectivity index (χ4n) is 3.96. The zero-order chi connectivity index (χ0) is 23.0. The molecule has 2 aliphatic rings. The van der Waals surface area contributed by atoms with E-state index in [1.807, 2.05) is 0 Å². The van der Waals surface area contributed by atoms with E-state index in [2.05, 4.69) is 10.3 Å². The van der Waals surface area contributed by atoms with Gasteiger partial charge < -0.3 is 15.2 Å². The number of hydrogen-bond donors (Lipinski definition) is 2. The molecule has 2 aliphatic carbocycles. The lowest BCUT2D eigenvalue weighted by Gasteiger charge is -2.21. The summed E-state index contributed by atoms with van der Waals surface area (Å²) in [5.74, 6) is -5.09. The van der Waals surface area contributed by atoms with E-state index in [1.54, 1.807) is 6.92 Å². The number of carboxylic acid groups (broad SMARTS) is 1. The Labute approximate surface area is 190 Å². The van der Waals surface area contributed by atoms with Crippen LogP contribution in [0.2, 0.25) is 0 Å². The van der Waals surface area contributed by atoms with Crippen LogP contribution in [0.4, 0.5) is 13.8 Å². The number of carbonyl (C=O) groups excluding carboxylic acids is 2. The van der Waals surface area contributed by atoms with Crippen molar-refractivity contribution < 1.29 is 33.0 Å². The Morgan fingerprint density at radius 2 is 2.00 bits per heavy atom. The van der Waals surface area contributed by atoms with Gasteiger partial charge in [0.05, 0.1) is 6.61 Å². The molecule has 2 N–H and O–H groups in total. The van der Waals surface area contributed by atoms with Crippen molar-refractivity contribution >= 4 is 45.5 Å². The number of hydrogen-bond acceptors (Lipinski definition) is 7. The molecule has 32 heavy (non-hydrogen) atoms. The van der Waals surface area contributed by atoms with Gasteiger partial charge in [0, 0.05) is 39.8 Å². The number of rotatable bonds is 6. The summed E-state index contributed by atoms with van der Waals surface area (Å²) >= 11 is 2.22. The maximum Gasteiger partial charge on any atom is 0.357 e. The molecule has 170 valence electrons. The summed E-state index contributed by atoms with van der Waals surface area (Å²) in [6.45, 7) is 1.87. The van der Waals surface area contributed by atoms with Crippen LogP contribution in [0.15, 0.2) is 16.5 Å². The monoisotopic (exact) mass is 482 g/mol. The van der Waals surface area contributed by atoms with E-state index in [0.29, 0.717) is 45.3 Å². The third-order valence-corrected chi connectivity index (χ3v) is 7.44. The predicted octanol–water partition coefficient (Wildman–Crippen LogP) is 4.68. The molecule has 2 aromatic rings. The molecule has 0 spiro atoms. The van der Waals surface area contributed by atoms with Gasteiger partial charge in [0.15, 0.2) is 5.69 Å². The molecule has 0 atom stereocenters. The molecule has 4 rings (SSSR count). The lowest BCUT2D eigenvalue weighted by molar-refractivity contribution is -0.133. The Kier molecular flexibility index (Phi) is 6.13. The molecule has 0 aromatic carbocycles. The molecule has 0 radical (unpaired) electrons. The summed E-state index contributed by atoms with van der Waals surface area (Å²) in [4.78, 5) is 41.1. The van der Waals surface area contributed by atoms with E-state index in [-0.39, 0.29) is 36.3 Å². The average Bonchev–Trinajstić information content (AvgIpc) is 3.45. The maximum atomic E-state index is 14.0. The Morgan fingerprint density at radius 1 is 1.25 bits per heavy atom. The van der Waals surface area contributed by atoms with Crippen molar-refractivity contribution in [3.8, 4) is 10.6 Å². The Balaban J connectivity index is 1.74. The average molecular weight is 483 g/mol. The third kappa shape index (κ3) is 4.31. The zero-order valence-electron chi connectivity index (χ0n) is 17.1. The van der Waals surface area contributed by atoms with Crippen LogP contribution in [0.25, 0.3) is 10.6 Å². The molecule has 2 heterocycles. The minimum Gasteiger partial charge on any atom is -0.478 e. The number of esters is 1. The summed E-state index contributed by atoms with van der Waals surface area (Å²) in [5, 5.41) is 14.4. The number of thiophene rings is 1. The van der Waals surface area contributed by atoms with E-state index >= 15 is 0 Å². The first-order valence-electron chi connectivity index (χ1n) is 10.1. The van der Waals surface area contributed by atoms with Gasteiger partial charge in [0.1, 0.15) is 10.0 Å². The number of aliphatic carboxylic acids is 1. The molecule has 1 amide bonds. The number of anilines is 1. The molecule has 0 bridgehead atoms. The lowest BCUT2D eigenvalue weighted by atomic mass is 9.93. The van der Waals surface area contributed by atoms with Crippen LogP contribution >= 0.6 is 22.7 Å². The summed E-state index contributed by atoms with van der Waals surface area (Å²) in [6, 6.07) is 0. The Bertz CT molecular complexity index is 1140. The van der Waals surface area contributed by atoms with Gasteiger partial charge in [0.25, 0.3) is 11.8 Å². The minimum absolute atomic E-state index is 0.0794. The van der Waals surface area contributed by atoms with Gasteiger partial charge in [-0.1, -0.05) is 0 Å². The second kappa shape index (κ2) is 8.70. The van der Waals surface area contributed by atoms with Crippen LogP contribution in [0, 0.1) is 0 Å². The highest BCUT2D eigenvalue weighted by Crippen LogP contribution is 2.48. The van der Waals surface area contributed by atoms with Crippen LogP contribution in [-0.2, 0) is 27.2 Å². The van der Waals surface area contributed by atoms with E-state index < -0.39 is 30.2 Å². The smallest absolute Gasteiger partial charge is 0.357 e. The second-order valence-corrected chi connectivity index (χ2v) is 9.53. The van der Waals surface area contributed by atoms with Crippen molar-refractivity contribution in [1.82, 2.24) is 4.98 Å². The molecule has 7 nitrogen and oxygen atoms in total. The van der Waals surface area contributed by atoms with E-state index in [4.69, 9.17) is 4.74 Å². The topological polar surface area (TPSA) is 106 Å². The second-order valence-electron chi connectivity index (χ2n) is 7.57. The molecular formula is C21H20F2N2O5S2. The minimum atomic E-state index is -2.83. The van der Waals surface area contributed by atoms with E-state index in [1.165, 1.54) is 5.38 Å². The van der Waals surface area contributed by atoms with Gasteiger partial charge in [-0.15, -0.1) is 22.7 Å². The van der Waals surface area contributed by atoms with Gasteiger partial charge in [0.2, 0.25) is 0 Å². The van der Waals surface area contributed by atoms with Crippen LogP contribution in [-0.4, -0.2) is 40.5 Å². The molecule has 0 aliphatic heterocycles. The first-order chi connectivity index (χ1) is 15.2. The fourth-order valence-corrected chi connectivity index (χ4v) is 6.21. The van der Waals surface area contributed by atoms with E-state index in [0.717, 1.165) is 22.7 Å². The van der Waals surface area contributed by atoms with Crippen molar-refractivity contribution in [3.63, 3.8) is 0 Å². The van der Waals surface area contributed by atoms with Gasteiger partial charge in [-0.25, -0.2) is 23.4 Å². The lowest BCUT2D eigenvalue weighted by Crippen LogP contribution is -2.24. The number of nitrogens with zero attached hydrogens (tertiary/aromatic N) is 1. The largest absolute Gasteiger partial charge is 0.478 e. The predicted molar refractivity (Wildman–Crippen MR) is 115 cm³/mol. The normalized spacial score (nSPS) is 17.2. The van der Waals surface area contributed by atoms with Crippen LogP contribution < -0.4 is 5.32 Å². The van der Waals surface area contributed by atoms with Gasteiger partial charge in [-0.05, 0) is 38.2 Å². The van der Waals surface area contributed by atoms with Crippen molar-refractivity contribution in [1.29, 1.82) is 0 Å². The zero-order valence-corrected chi connectivity index (χ0v) is 18.8. The first-order valence-corrected chi connectivity index (χ1v) is 11.8. The number of nitrogens with one attached hydrogen (secondary N) is 1.